The maximum Gasteiger partial charge on any atom is 0.331 e. The zero-order valence-corrected chi connectivity index (χ0v) is 10.8. The summed E-state index contributed by atoms with van der Waals surface area (Å²) in [5.41, 5.74) is 0.479. The Bertz CT molecular complexity index is 237. The van der Waals surface area contributed by atoms with Gasteiger partial charge in [0.25, 0.3) is 0 Å². The van der Waals surface area contributed by atoms with Gasteiger partial charge in [-0.2, -0.15) is 0 Å². The van der Waals surface area contributed by atoms with Gasteiger partial charge in [-0.1, -0.05) is 13.0 Å². The van der Waals surface area contributed by atoms with E-state index in [1.54, 1.807) is 6.08 Å². The van der Waals surface area contributed by atoms with E-state index in [0.717, 1.165) is 13.0 Å². The minimum Gasteiger partial charge on any atom is -0.478 e. The molecule has 4 nitrogen and oxygen atoms in total. The van der Waals surface area contributed by atoms with Gasteiger partial charge < -0.3 is 15.3 Å². The quantitative estimate of drug-likeness (QED) is 0.616. The highest BCUT2D eigenvalue weighted by molar-refractivity contribution is 5.86. The van der Waals surface area contributed by atoms with Crippen LogP contribution in [0, 0.1) is 0 Å². The molecular weight excluding hydrogens is 204 g/mol. The summed E-state index contributed by atoms with van der Waals surface area (Å²) in [6, 6.07) is 0.408. The van der Waals surface area contributed by atoms with Gasteiger partial charge in [-0.3, -0.25) is 0 Å². The Morgan fingerprint density at radius 1 is 1.50 bits per heavy atom. The Balaban J connectivity index is 3.83. The standard InChI is InChI=1S/C12H24N2O2/c1-5-11(12(15)16)6-8-13-10(2)7-9-14(3)4/h6,10,13H,5,7-9H2,1-4H3,(H,15,16). The van der Waals surface area contributed by atoms with Crippen LogP contribution in [-0.4, -0.2) is 49.2 Å². The second-order valence-electron chi connectivity index (χ2n) is 4.29. The zero-order valence-electron chi connectivity index (χ0n) is 10.8. The van der Waals surface area contributed by atoms with Crippen LogP contribution in [-0.2, 0) is 4.79 Å². The molecule has 0 saturated carbocycles. The molecule has 1 atom stereocenters. The highest BCUT2D eigenvalue weighted by Gasteiger charge is 2.04. The van der Waals surface area contributed by atoms with E-state index < -0.39 is 5.97 Å². The van der Waals surface area contributed by atoms with Gasteiger partial charge in [-0.25, -0.2) is 4.79 Å². The lowest BCUT2D eigenvalue weighted by Gasteiger charge is -2.15. The molecule has 4 heteroatoms. The summed E-state index contributed by atoms with van der Waals surface area (Å²) >= 11 is 0. The van der Waals surface area contributed by atoms with Gasteiger partial charge in [-0.15, -0.1) is 0 Å². The Labute approximate surface area is 98.3 Å². The average Bonchev–Trinajstić information content (AvgIpc) is 2.20. The third kappa shape index (κ3) is 7.43. The topological polar surface area (TPSA) is 52.6 Å². The van der Waals surface area contributed by atoms with Crippen molar-refractivity contribution in [3.05, 3.63) is 11.6 Å². The molecule has 0 heterocycles. The molecule has 0 aliphatic rings. The molecule has 0 fully saturated rings. The lowest BCUT2D eigenvalue weighted by molar-refractivity contribution is -0.132. The van der Waals surface area contributed by atoms with Crippen molar-refractivity contribution in [1.29, 1.82) is 0 Å². The molecule has 0 aromatic carbocycles. The first-order valence-corrected chi connectivity index (χ1v) is 5.77. The molecule has 0 aromatic heterocycles. The van der Waals surface area contributed by atoms with Crippen LogP contribution in [0.1, 0.15) is 26.7 Å². The molecule has 94 valence electrons. The summed E-state index contributed by atoms with van der Waals surface area (Å²) in [5.74, 6) is -0.815. The van der Waals surface area contributed by atoms with Crippen molar-refractivity contribution in [3.63, 3.8) is 0 Å². The smallest absolute Gasteiger partial charge is 0.331 e. The predicted octanol–water partition coefficient (Wildman–Crippen LogP) is 1.34. The fourth-order valence-corrected chi connectivity index (χ4v) is 1.32. The number of rotatable bonds is 8. The van der Waals surface area contributed by atoms with Gasteiger partial charge >= 0.3 is 5.97 Å². The highest BCUT2D eigenvalue weighted by Crippen LogP contribution is 1.99. The molecule has 0 saturated heterocycles. The fraction of sp³-hybridized carbons (Fsp3) is 0.750. The van der Waals surface area contributed by atoms with Crippen LogP contribution in [0.2, 0.25) is 0 Å². The van der Waals surface area contributed by atoms with E-state index in [1.165, 1.54) is 0 Å². The Hall–Kier alpha value is -0.870. The maximum atomic E-state index is 10.7. The minimum absolute atomic E-state index is 0.408. The number of nitrogens with zero attached hydrogens (tertiary/aromatic N) is 1. The molecule has 0 radical (unpaired) electrons. The minimum atomic E-state index is -0.815. The molecule has 0 amide bonds. The number of hydrogen-bond donors (Lipinski definition) is 2. The van der Waals surface area contributed by atoms with Gasteiger partial charge in [-0.05, 0) is 40.4 Å². The number of nitrogens with one attached hydrogen (secondary N) is 1. The van der Waals surface area contributed by atoms with Crippen LogP contribution in [0.4, 0.5) is 0 Å². The van der Waals surface area contributed by atoms with Crippen molar-refractivity contribution in [2.24, 2.45) is 0 Å². The Morgan fingerprint density at radius 2 is 2.12 bits per heavy atom. The van der Waals surface area contributed by atoms with Gasteiger partial charge in [0.2, 0.25) is 0 Å². The summed E-state index contributed by atoms with van der Waals surface area (Å²) in [6.45, 7) is 5.64. The van der Waals surface area contributed by atoms with Crippen molar-refractivity contribution in [2.45, 2.75) is 32.7 Å². The van der Waals surface area contributed by atoms with E-state index >= 15 is 0 Å². The van der Waals surface area contributed by atoms with E-state index in [9.17, 15) is 4.79 Å². The first-order valence-electron chi connectivity index (χ1n) is 5.77. The van der Waals surface area contributed by atoms with Crippen molar-refractivity contribution in [3.8, 4) is 0 Å². The van der Waals surface area contributed by atoms with Gasteiger partial charge in [0.05, 0.1) is 0 Å². The second kappa shape index (κ2) is 8.30. The highest BCUT2D eigenvalue weighted by atomic mass is 16.4. The first-order chi connectivity index (χ1) is 7.47. The van der Waals surface area contributed by atoms with Crippen LogP contribution in [0.25, 0.3) is 0 Å². The first kappa shape index (κ1) is 15.1. The summed E-state index contributed by atoms with van der Waals surface area (Å²) < 4.78 is 0. The molecule has 0 bridgehead atoms. The maximum absolute atomic E-state index is 10.7. The molecular formula is C12H24N2O2. The molecule has 0 aliphatic heterocycles. The van der Waals surface area contributed by atoms with Gasteiger partial charge in [0.15, 0.2) is 0 Å². The van der Waals surface area contributed by atoms with E-state index in [2.05, 4.69) is 17.1 Å². The van der Waals surface area contributed by atoms with Gasteiger partial charge in [0, 0.05) is 18.2 Å². The Morgan fingerprint density at radius 3 is 2.56 bits per heavy atom. The second-order valence-corrected chi connectivity index (χ2v) is 4.29. The van der Waals surface area contributed by atoms with E-state index in [1.807, 2.05) is 21.0 Å². The van der Waals surface area contributed by atoms with Crippen LogP contribution in [0.15, 0.2) is 11.6 Å². The van der Waals surface area contributed by atoms with Crippen molar-refractivity contribution < 1.29 is 9.90 Å². The summed E-state index contributed by atoms with van der Waals surface area (Å²) in [7, 11) is 4.10. The lowest BCUT2D eigenvalue weighted by Crippen LogP contribution is -2.30. The van der Waals surface area contributed by atoms with Crippen LogP contribution in [0.3, 0.4) is 0 Å². The van der Waals surface area contributed by atoms with Crippen LogP contribution >= 0.6 is 0 Å². The molecule has 0 aliphatic carbocycles. The van der Waals surface area contributed by atoms with Crippen LogP contribution < -0.4 is 5.32 Å². The van der Waals surface area contributed by atoms with E-state index in [4.69, 9.17) is 5.11 Å². The SMILES string of the molecule is CCC(=CCNC(C)CCN(C)C)C(=O)O. The van der Waals surface area contributed by atoms with Gasteiger partial charge in [0.1, 0.15) is 0 Å². The molecule has 16 heavy (non-hydrogen) atoms. The predicted molar refractivity (Wildman–Crippen MR) is 66.6 cm³/mol. The van der Waals surface area contributed by atoms with E-state index in [-0.39, 0.29) is 0 Å². The van der Waals surface area contributed by atoms with Crippen molar-refractivity contribution in [1.82, 2.24) is 10.2 Å². The summed E-state index contributed by atoms with van der Waals surface area (Å²) in [4.78, 5) is 12.9. The third-order valence-corrected chi connectivity index (χ3v) is 2.48. The number of carboxylic acids is 1. The number of carbonyl (C=O) groups is 1. The summed E-state index contributed by atoms with van der Waals surface area (Å²) in [5, 5.41) is 12.1. The average molecular weight is 228 g/mol. The molecule has 0 rings (SSSR count). The molecule has 0 spiro atoms. The fourth-order valence-electron chi connectivity index (χ4n) is 1.32. The van der Waals surface area contributed by atoms with Crippen molar-refractivity contribution >= 4 is 5.97 Å². The molecule has 0 aromatic rings. The third-order valence-electron chi connectivity index (χ3n) is 2.48. The monoisotopic (exact) mass is 228 g/mol. The molecule has 2 N–H and O–H groups in total. The number of aliphatic carboxylic acids is 1. The normalized spacial score (nSPS) is 14.2. The zero-order chi connectivity index (χ0) is 12.6. The lowest BCUT2D eigenvalue weighted by atomic mass is 10.2. The van der Waals surface area contributed by atoms with E-state index in [0.29, 0.717) is 24.6 Å². The Kier molecular flexibility index (Phi) is 7.85. The van der Waals surface area contributed by atoms with Crippen molar-refractivity contribution in [2.75, 3.05) is 27.2 Å². The van der Waals surface area contributed by atoms with Crippen LogP contribution in [0.5, 0.6) is 0 Å². The molecule has 1 unspecified atom stereocenters. The number of hydrogen-bond acceptors (Lipinski definition) is 3. The largest absolute Gasteiger partial charge is 0.478 e. The summed E-state index contributed by atoms with van der Waals surface area (Å²) in [6.07, 6.45) is 3.40. The number of carboxylic acid groups (broad SMARTS) is 1.